The molecular weight excluding hydrogens is 328 g/mol. The minimum absolute atomic E-state index is 0.161. The fraction of sp³-hybridized carbons (Fsp3) is 0.650. The van der Waals surface area contributed by atoms with Crippen LogP contribution in [0.3, 0.4) is 0 Å². The molecule has 1 aliphatic heterocycles. The summed E-state index contributed by atoms with van der Waals surface area (Å²) in [5.41, 5.74) is 0.753. The van der Waals surface area contributed by atoms with E-state index >= 15 is 0 Å². The molecule has 1 aromatic carbocycles. The SMILES string of the molecule is CCNC(=NCc1cccc(OC)c1O)NCCCN1CCCCC1C. The molecule has 1 aromatic rings. The molecule has 146 valence electrons. The third kappa shape index (κ3) is 6.09. The normalized spacial score (nSPS) is 18.6. The van der Waals surface area contributed by atoms with Crippen molar-refractivity contribution in [2.45, 2.75) is 52.1 Å². The molecule has 1 unspecified atom stereocenters. The number of aliphatic imine (C=N–C) groups is 1. The van der Waals surface area contributed by atoms with Gasteiger partial charge in [0.15, 0.2) is 17.5 Å². The lowest BCUT2D eigenvalue weighted by Gasteiger charge is -2.33. The monoisotopic (exact) mass is 362 g/mol. The van der Waals surface area contributed by atoms with Gasteiger partial charge >= 0.3 is 0 Å². The van der Waals surface area contributed by atoms with Gasteiger partial charge in [-0.3, -0.25) is 0 Å². The number of benzene rings is 1. The van der Waals surface area contributed by atoms with Crippen LogP contribution in [0.4, 0.5) is 0 Å². The van der Waals surface area contributed by atoms with Gasteiger partial charge in [-0.2, -0.15) is 0 Å². The lowest BCUT2D eigenvalue weighted by Crippen LogP contribution is -2.41. The highest BCUT2D eigenvalue weighted by Crippen LogP contribution is 2.29. The number of methoxy groups -OCH3 is 1. The van der Waals surface area contributed by atoms with Crippen LogP contribution in [0.25, 0.3) is 0 Å². The van der Waals surface area contributed by atoms with Gasteiger partial charge in [-0.1, -0.05) is 18.6 Å². The Labute approximate surface area is 157 Å². The fourth-order valence-electron chi connectivity index (χ4n) is 3.34. The third-order valence-electron chi connectivity index (χ3n) is 4.91. The second kappa shape index (κ2) is 10.9. The van der Waals surface area contributed by atoms with Crippen molar-refractivity contribution in [3.05, 3.63) is 23.8 Å². The first-order valence-electron chi connectivity index (χ1n) is 9.76. The Bertz CT molecular complexity index is 577. The molecule has 1 heterocycles. The molecule has 0 aromatic heterocycles. The van der Waals surface area contributed by atoms with Gasteiger partial charge in [0.05, 0.1) is 13.7 Å². The summed E-state index contributed by atoms with van der Waals surface area (Å²) in [5.74, 6) is 1.42. The molecule has 0 amide bonds. The van der Waals surface area contributed by atoms with E-state index in [0.717, 1.165) is 37.6 Å². The summed E-state index contributed by atoms with van der Waals surface area (Å²) in [7, 11) is 1.55. The van der Waals surface area contributed by atoms with E-state index in [0.29, 0.717) is 18.3 Å². The number of likely N-dealkylation sites (tertiary alicyclic amines) is 1. The Kier molecular flexibility index (Phi) is 8.54. The molecule has 0 aliphatic carbocycles. The highest BCUT2D eigenvalue weighted by atomic mass is 16.5. The van der Waals surface area contributed by atoms with Crippen LogP contribution >= 0.6 is 0 Å². The van der Waals surface area contributed by atoms with E-state index in [4.69, 9.17) is 4.74 Å². The lowest BCUT2D eigenvalue weighted by atomic mass is 10.0. The average Bonchev–Trinajstić information content (AvgIpc) is 2.65. The average molecular weight is 363 g/mol. The number of ether oxygens (including phenoxy) is 1. The van der Waals surface area contributed by atoms with Crippen LogP contribution in [-0.4, -0.2) is 55.3 Å². The van der Waals surface area contributed by atoms with Gasteiger partial charge in [-0.25, -0.2) is 4.99 Å². The second-order valence-electron chi connectivity index (χ2n) is 6.82. The van der Waals surface area contributed by atoms with E-state index in [9.17, 15) is 5.11 Å². The van der Waals surface area contributed by atoms with Crippen molar-refractivity contribution in [2.24, 2.45) is 4.99 Å². The zero-order valence-corrected chi connectivity index (χ0v) is 16.4. The molecule has 1 aliphatic rings. The molecule has 1 saturated heterocycles. The maximum absolute atomic E-state index is 10.2. The smallest absolute Gasteiger partial charge is 0.191 e. The van der Waals surface area contributed by atoms with Gasteiger partial charge in [-0.05, 0) is 45.7 Å². The summed E-state index contributed by atoms with van der Waals surface area (Å²) < 4.78 is 5.15. The molecule has 26 heavy (non-hydrogen) atoms. The molecule has 1 atom stereocenters. The van der Waals surface area contributed by atoms with E-state index in [1.165, 1.54) is 25.8 Å². The summed E-state index contributed by atoms with van der Waals surface area (Å²) in [6.45, 7) is 8.84. The molecule has 2 rings (SSSR count). The molecule has 0 saturated carbocycles. The number of nitrogens with zero attached hydrogens (tertiary/aromatic N) is 2. The number of phenolic OH excluding ortho intramolecular Hbond substituents is 1. The first-order chi connectivity index (χ1) is 12.7. The van der Waals surface area contributed by atoms with Gasteiger partial charge in [-0.15, -0.1) is 0 Å². The highest BCUT2D eigenvalue weighted by Gasteiger charge is 2.17. The van der Waals surface area contributed by atoms with E-state index in [1.807, 2.05) is 12.1 Å². The first kappa shape index (κ1) is 20.4. The Balaban J connectivity index is 1.82. The number of phenols is 1. The van der Waals surface area contributed by atoms with Crippen LogP contribution < -0.4 is 15.4 Å². The van der Waals surface area contributed by atoms with E-state index in [1.54, 1.807) is 13.2 Å². The number of piperidine rings is 1. The van der Waals surface area contributed by atoms with Crippen molar-refractivity contribution in [3.8, 4) is 11.5 Å². The van der Waals surface area contributed by atoms with Crippen molar-refractivity contribution in [1.82, 2.24) is 15.5 Å². The van der Waals surface area contributed by atoms with E-state index in [-0.39, 0.29) is 5.75 Å². The number of rotatable bonds is 8. The molecule has 6 nitrogen and oxygen atoms in total. The van der Waals surface area contributed by atoms with Crippen LogP contribution in [0.1, 0.15) is 45.1 Å². The number of nitrogens with one attached hydrogen (secondary N) is 2. The van der Waals surface area contributed by atoms with Gasteiger partial charge in [0.25, 0.3) is 0 Å². The molecule has 0 spiro atoms. The van der Waals surface area contributed by atoms with E-state index in [2.05, 4.69) is 34.4 Å². The quantitative estimate of drug-likeness (QED) is 0.377. The van der Waals surface area contributed by atoms with Crippen molar-refractivity contribution >= 4 is 5.96 Å². The van der Waals surface area contributed by atoms with Crippen molar-refractivity contribution in [2.75, 3.05) is 33.3 Å². The summed E-state index contributed by atoms with van der Waals surface area (Å²) in [5, 5.41) is 16.8. The van der Waals surface area contributed by atoms with Crippen LogP contribution in [0.2, 0.25) is 0 Å². The Hall–Kier alpha value is -1.95. The summed E-state index contributed by atoms with van der Waals surface area (Å²) in [6, 6.07) is 6.18. The van der Waals surface area contributed by atoms with E-state index < -0.39 is 0 Å². The van der Waals surface area contributed by atoms with Crippen LogP contribution in [0.5, 0.6) is 11.5 Å². The summed E-state index contributed by atoms with van der Waals surface area (Å²) in [4.78, 5) is 7.17. The molecule has 3 N–H and O–H groups in total. The standard InChI is InChI=1S/C20H34N4O2/c1-4-21-20(22-12-8-14-24-13-6-5-9-16(24)2)23-15-17-10-7-11-18(26-3)19(17)25/h7,10-11,16,25H,4-6,8-9,12-15H2,1-3H3,(H2,21,22,23). The van der Waals surface area contributed by atoms with Crippen LogP contribution in [0.15, 0.2) is 23.2 Å². The predicted octanol–water partition coefficient (Wildman–Crippen LogP) is 2.72. The molecule has 1 fully saturated rings. The number of para-hydroxylation sites is 1. The molecule has 6 heteroatoms. The van der Waals surface area contributed by atoms with Gasteiger partial charge < -0.3 is 25.4 Å². The Morgan fingerprint density at radius 1 is 1.35 bits per heavy atom. The van der Waals surface area contributed by atoms with Crippen LogP contribution in [-0.2, 0) is 6.54 Å². The van der Waals surface area contributed by atoms with Gasteiger partial charge in [0, 0.05) is 31.2 Å². The fourth-order valence-corrected chi connectivity index (χ4v) is 3.34. The van der Waals surface area contributed by atoms with Crippen molar-refractivity contribution < 1.29 is 9.84 Å². The largest absolute Gasteiger partial charge is 0.504 e. The molecule has 0 radical (unpaired) electrons. The zero-order chi connectivity index (χ0) is 18.8. The van der Waals surface area contributed by atoms with Gasteiger partial charge in [0.1, 0.15) is 0 Å². The topological polar surface area (TPSA) is 69.1 Å². The second-order valence-corrected chi connectivity index (χ2v) is 6.82. The Morgan fingerprint density at radius 3 is 2.92 bits per heavy atom. The van der Waals surface area contributed by atoms with Gasteiger partial charge in [0.2, 0.25) is 0 Å². The Morgan fingerprint density at radius 2 is 2.19 bits per heavy atom. The number of hydrogen-bond donors (Lipinski definition) is 3. The molecule has 0 bridgehead atoms. The third-order valence-corrected chi connectivity index (χ3v) is 4.91. The number of aromatic hydroxyl groups is 1. The molecular formula is C20H34N4O2. The first-order valence-corrected chi connectivity index (χ1v) is 9.76. The summed E-state index contributed by atoms with van der Waals surface area (Å²) >= 11 is 0. The maximum atomic E-state index is 10.2. The maximum Gasteiger partial charge on any atom is 0.191 e. The van der Waals surface area contributed by atoms with Crippen LogP contribution in [0, 0.1) is 0 Å². The summed E-state index contributed by atoms with van der Waals surface area (Å²) in [6.07, 6.45) is 5.11. The highest BCUT2D eigenvalue weighted by molar-refractivity contribution is 5.79. The lowest BCUT2D eigenvalue weighted by molar-refractivity contribution is 0.159. The number of hydrogen-bond acceptors (Lipinski definition) is 4. The van der Waals surface area contributed by atoms with Crippen molar-refractivity contribution in [3.63, 3.8) is 0 Å². The van der Waals surface area contributed by atoms with Crippen molar-refractivity contribution in [1.29, 1.82) is 0 Å². The minimum atomic E-state index is 0.161. The predicted molar refractivity (Wildman–Crippen MR) is 107 cm³/mol. The minimum Gasteiger partial charge on any atom is -0.504 e. The zero-order valence-electron chi connectivity index (χ0n) is 16.4. The number of guanidine groups is 1.